The summed E-state index contributed by atoms with van der Waals surface area (Å²) in [6.45, 7) is 6.97. The van der Waals surface area contributed by atoms with E-state index in [-0.39, 0.29) is 17.2 Å². The summed E-state index contributed by atoms with van der Waals surface area (Å²) < 4.78 is 20.1. The monoisotopic (exact) mass is 527 g/mol. The standard InChI is InChI=1S/C30H42FN3O4/c1-20(2)22-18-24(27(38-3)25(31)19-22)26(29(35)36)30(37)12-16-34(17-13-30)15-6-4-5-9-23-11-10-21-8-7-14-32-28(21)33-23/h10-11,18-20,26,37H,4-9,12-17H2,1-3H3,(H,32,33)(H,35,36)/t26-/m0/s1. The number of rotatable bonds is 11. The first-order valence-electron chi connectivity index (χ1n) is 14.0. The first-order chi connectivity index (χ1) is 18.2. The Bertz CT molecular complexity index is 1110. The second kappa shape index (κ2) is 12.4. The molecule has 0 bridgehead atoms. The highest BCUT2D eigenvalue weighted by Gasteiger charge is 2.46. The maximum absolute atomic E-state index is 14.8. The maximum Gasteiger partial charge on any atom is 0.314 e. The average Bonchev–Trinajstić information content (AvgIpc) is 2.89. The van der Waals surface area contributed by atoms with E-state index in [1.165, 1.54) is 18.7 Å². The van der Waals surface area contributed by atoms with Crippen LogP contribution in [0.5, 0.6) is 5.75 Å². The number of aromatic nitrogens is 1. The van der Waals surface area contributed by atoms with E-state index in [0.29, 0.717) is 31.5 Å². The lowest BCUT2D eigenvalue weighted by molar-refractivity contribution is -0.149. The summed E-state index contributed by atoms with van der Waals surface area (Å²) in [5, 5.41) is 25.1. The van der Waals surface area contributed by atoms with Gasteiger partial charge in [-0.25, -0.2) is 9.37 Å². The molecule has 8 heteroatoms. The van der Waals surface area contributed by atoms with Crippen molar-refractivity contribution in [2.75, 3.05) is 38.6 Å². The second-order valence-corrected chi connectivity index (χ2v) is 11.1. The van der Waals surface area contributed by atoms with Crippen LogP contribution in [0.1, 0.15) is 86.6 Å². The van der Waals surface area contributed by atoms with Gasteiger partial charge in [0, 0.05) is 30.9 Å². The first kappa shape index (κ1) is 28.3. The number of nitrogens with zero attached hydrogens (tertiary/aromatic N) is 2. The minimum absolute atomic E-state index is 0.0137. The summed E-state index contributed by atoms with van der Waals surface area (Å²) >= 11 is 0. The molecule has 1 aromatic carbocycles. The molecule has 0 radical (unpaired) electrons. The molecule has 38 heavy (non-hydrogen) atoms. The molecule has 0 spiro atoms. The van der Waals surface area contributed by atoms with E-state index >= 15 is 0 Å². The van der Waals surface area contributed by atoms with Crippen molar-refractivity contribution in [1.29, 1.82) is 0 Å². The lowest BCUT2D eigenvalue weighted by Crippen LogP contribution is -2.50. The van der Waals surface area contributed by atoms with E-state index in [2.05, 4.69) is 22.3 Å². The minimum atomic E-state index is -1.47. The van der Waals surface area contributed by atoms with Crippen molar-refractivity contribution in [3.8, 4) is 5.75 Å². The molecule has 0 saturated carbocycles. The molecule has 0 aliphatic carbocycles. The minimum Gasteiger partial charge on any atom is -0.493 e. The third-order valence-corrected chi connectivity index (χ3v) is 8.14. The molecule has 208 valence electrons. The number of aryl methyl sites for hydroxylation is 2. The van der Waals surface area contributed by atoms with Crippen molar-refractivity contribution in [2.24, 2.45) is 0 Å². The Morgan fingerprint density at radius 2 is 1.97 bits per heavy atom. The van der Waals surface area contributed by atoms with Gasteiger partial charge in [-0.2, -0.15) is 0 Å². The summed E-state index contributed by atoms with van der Waals surface area (Å²) in [7, 11) is 1.33. The van der Waals surface area contributed by atoms with Gasteiger partial charge in [-0.1, -0.05) is 32.4 Å². The van der Waals surface area contributed by atoms with Gasteiger partial charge in [-0.05, 0) is 80.7 Å². The normalized spacial score (nSPS) is 18.1. The highest BCUT2D eigenvalue weighted by Crippen LogP contribution is 2.43. The van der Waals surface area contributed by atoms with Crippen molar-refractivity contribution in [3.05, 3.63) is 52.5 Å². The Balaban J connectivity index is 1.30. The lowest BCUT2D eigenvalue weighted by atomic mass is 9.74. The quantitative estimate of drug-likeness (QED) is 0.349. The molecule has 7 nitrogen and oxygen atoms in total. The van der Waals surface area contributed by atoms with Crippen molar-refractivity contribution >= 4 is 11.8 Å². The molecule has 2 aliphatic heterocycles. The summed E-state index contributed by atoms with van der Waals surface area (Å²) in [4.78, 5) is 19.5. The van der Waals surface area contributed by atoms with Crippen molar-refractivity contribution < 1.29 is 24.1 Å². The Morgan fingerprint density at radius 3 is 2.66 bits per heavy atom. The zero-order chi connectivity index (χ0) is 27.3. The molecular formula is C30H42FN3O4. The lowest BCUT2D eigenvalue weighted by Gasteiger charge is -2.42. The van der Waals surface area contributed by atoms with Gasteiger partial charge in [0.25, 0.3) is 0 Å². The number of likely N-dealkylation sites (tertiary alicyclic amines) is 1. The van der Waals surface area contributed by atoms with E-state index in [1.807, 2.05) is 13.8 Å². The molecule has 2 aromatic rings. The number of methoxy groups -OCH3 is 1. The number of carboxylic acid groups (broad SMARTS) is 1. The van der Waals surface area contributed by atoms with Gasteiger partial charge >= 0.3 is 5.97 Å². The fourth-order valence-electron chi connectivity index (χ4n) is 5.83. The van der Waals surface area contributed by atoms with Crippen LogP contribution in [-0.4, -0.2) is 65.0 Å². The number of anilines is 1. The predicted octanol–water partition coefficient (Wildman–Crippen LogP) is 5.12. The first-order valence-corrected chi connectivity index (χ1v) is 14.0. The van der Waals surface area contributed by atoms with Crippen molar-refractivity contribution in [3.63, 3.8) is 0 Å². The van der Waals surface area contributed by atoms with Crippen LogP contribution in [0, 0.1) is 5.82 Å². The molecule has 0 unspecified atom stereocenters. The third kappa shape index (κ3) is 6.46. The van der Waals surface area contributed by atoms with Gasteiger partial charge in [-0.15, -0.1) is 0 Å². The Morgan fingerprint density at radius 1 is 1.21 bits per heavy atom. The van der Waals surface area contributed by atoms with Gasteiger partial charge in [0.05, 0.1) is 12.7 Å². The summed E-state index contributed by atoms with van der Waals surface area (Å²) in [6.07, 6.45) is 7.05. The van der Waals surface area contributed by atoms with Crippen LogP contribution in [0.15, 0.2) is 24.3 Å². The Kier molecular flexibility index (Phi) is 9.26. The predicted molar refractivity (Wildman–Crippen MR) is 147 cm³/mol. The van der Waals surface area contributed by atoms with Crippen LogP contribution in [0.2, 0.25) is 0 Å². The largest absolute Gasteiger partial charge is 0.493 e. The smallest absolute Gasteiger partial charge is 0.314 e. The van der Waals surface area contributed by atoms with Crippen LogP contribution in [-0.2, 0) is 17.6 Å². The van der Waals surface area contributed by atoms with Crippen LogP contribution in [0.3, 0.4) is 0 Å². The molecule has 4 rings (SSSR count). The number of aliphatic hydroxyl groups is 1. The molecule has 1 atom stereocenters. The molecule has 1 saturated heterocycles. The number of unbranched alkanes of at least 4 members (excludes halogenated alkanes) is 2. The van der Waals surface area contributed by atoms with Crippen LogP contribution in [0.4, 0.5) is 10.2 Å². The fourth-order valence-corrected chi connectivity index (χ4v) is 5.83. The second-order valence-electron chi connectivity index (χ2n) is 11.1. The van der Waals surface area contributed by atoms with Gasteiger partial charge in [0.1, 0.15) is 11.7 Å². The number of halogens is 1. The topological polar surface area (TPSA) is 94.9 Å². The summed E-state index contributed by atoms with van der Waals surface area (Å²) in [6, 6.07) is 7.42. The molecule has 2 aliphatic rings. The van der Waals surface area contributed by atoms with Crippen molar-refractivity contribution in [1.82, 2.24) is 9.88 Å². The number of carboxylic acids is 1. The number of fused-ring (bicyclic) bond motifs is 1. The molecule has 3 N–H and O–H groups in total. The van der Waals surface area contributed by atoms with Gasteiger partial charge < -0.3 is 25.2 Å². The van der Waals surface area contributed by atoms with Crippen LogP contribution in [0.25, 0.3) is 0 Å². The van der Waals surface area contributed by atoms with Gasteiger partial charge in [0.15, 0.2) is 11.6 Å². The zero-order valence-corrected chi connectivity index (χ0v) is 22.9. The number of hydrogen-bond donors (Lipinski definition) is 3. The summed E-state index contributed by atoms with van der Waals surface area (Å²) in [5.74, 6) is -2.05. The summed E-state index contributed by atoms with van der Waals surface area (Å²) in [5.41, 5.74) is 1.88. The van der Waals surface area contributed by atoms with E-state index in [0.717, 1.165) is 63.1 Å². The Labute approximate surface area is 225 Å². The number of piperidine rings is 1. The van der Waals surface area contributed by atoms with Gasteiger partial charge in [0.2, 0.25) is 0 Å². The number of ether oxygens (including phenoxy) is 1. The SMILES string of the molecule is COc1c(F)cc(C(C)C)cc1[C@@H](C(=O)O)C1(O)CCN(CCCCCc2ccc3c(n2)NCCC3)CC1. The van der Waals surface area contributed by atoms with E-state index in [9.17, 15) is 19.4 Å². The third-order valence-electron chi connectivity index (χ3n) is 8.14. The van der Waals surface area contributed by atoms with Crippen molar-refractivity contribution in [2.45, 2.75) is 82.7 Å². The highest BCUT2D eigenvalue weighted by molar-refractivity contribution is 5.79. The number of nitrogens with one attached hydrogen (secondary N) is 1. The molecule has 3 heterocycles. The Hall–Kier alpha value is -2.71. The molecule has 1 fully saturated rings. The van der Waals surface area contributed by atoms with Gasteiger partial charge in [-0.3, -0.25) is 4.79 Å². The maximum atomic E-state index is 14.8. The number of aliphatic carboxylic acids is 1. The number of pyridine rings is 1. The number of hydrogen-bond acceptors (Lipinski definition) is 6. The molecule has 0 amide bonds. The number of benzene rings is 1. The van der Waals surface area contributed by atoms with E-state index in [1.54, 1.807) is 6.07 Å². The van der Waals surface area contributed by atoms with E-state index in [4.69, 9.17) is 9.72 Å². The molecular weight excluding hydrogens is 485 g/mol. The van der Waals surface area contributed by atoms with Crippen LogP contribution >= 0.6 is 0 Å². The average molecular weight is 528 g/mol. The molecule has 1 aromatic heterocycles. The highest BCUT2D eigenvalue weighted by atomic mass is 19.1. The van der Waals surface area contributed by atoms with E-state index < -0.39 is 23.3 Å². The zero-order valence-electron chi connectivity index (χ0n) is 22.9. The fraction of sp³-hybridized carbons (Fsp3) is 0.600. The number of carbonyl (C=O) groups is 1. The van der Waals surface area contributed by atoms with Crippen LogP contribution < -0.4 is 10.1 Å².